The first-order valence-electron chi connectivity index (χ1n) is 11.9. The minimum atomic E-state index is -0.479. The molecule has 37 heavy (non-hydrogen) atoms. The number of halogens is 1. The van der Waals surface area contributed by atoms with Crippen molar-refractivity contribution in [2.24, 2.45) is 0 Å². The van der Waals surface area contributed by atoms with Crippen molar-refractivity contribution >= 4 is 51.0 Å². The van der Waals surface area contributed by atoms with Gasteiger partial charge in [0.25, 0.3) is 11.8 Å². The Balaban J connectivity index is 1.55. The van der Waals surface area contributed by atoms with Gasteiger partial charge < -0.3 is 19.9 Å². The number of hydrogen-bond donors (Lipinski definition) is 1. The molecule has 2 amide bonds. The number of hydrogen-bond acceptors (Lipinski definition) is 5. The van der Waals surface area contributed by atoms with Crippen LogP contribution in [-0.4, -0.2) is 55.8 Å². The fourth-order valence-corrected chi connectivity index (χ4v) is 4.47. The first-order chi connectivity index (χ1) is 17.9. The lowest BCUT2D eigenvalue weighted by molar-refractivity contribution is -0.129. The molecular formula is C29H28BrN3O4. The van der Waals surface area contributed by atoms with Gasteiger partial charge in [-0.15, -0.1) is 0 Å². The van der Waals surface area contributed by atoms with Crippen molar-refractivity contribution in [1.29, 1.82) is 0 Å². The van der Waals surface area contributed by atoms with Crippen molar-refractivity contribution in [3.8, 4) is 5.75 Å². The second-order valence-corrected chi connectivity index (χ2v) is 9.50. The highest BCUT2D eigenvalue weighted by Gasteiger charge is 2.28. The number of para-hydroxylation sites is 1. The largest absolute Gasteiger partial charge is 0.497 e. The molecule has 1 fully saturated rings. The van der Waals surface area contributed by atoms with Crippen LogP contribution in [-0.2, 0) is 9.59 Å². The number of rotatable bonds is 7. The molecule has 0 saturated carbocycles. The molecule has 4 rings (SSSR count). The van der Waals surface area contributed by atoms with Gasteiger partial charge in [-0.3, -0.25) is 14.4 Å². The van der Waals surface area contributed by atoms with Crippen molar-refractivity contribution in [3.05, 3.63) is 94.0 Å². The van der Waals surface area contributed by atoms with Crippen molar-refractivity contribution in [1.82, 2.24) is 4.90 Å². The molecule has 190 valence electrons. The number of methoxy groups -OCH3 is 1. The highest BCUT2D eigenvalue weighted by Crippen LogP contribution is 2.26. The zero-order chi connectivity index (χ0) is 26.4. The van der Waals surface area contributed by atoms with Crippen LogP contribution in [0.3, 0.4) is 0 Å². The summed E-state index contributed by atoms with van der Waals surface area (Å²) in [6.45, 7) is 3.69. The minimum absolute atomic E-state index is 0.0257. The number of carbonyl (C=O) groups is 3. The van der Waals surface area contributed by atoms with E-state index in [-0.39, 0.29) is 17.3 Å². The molecule has 1 saturated heterocycles. The fourth-order valence-electron chi connectivity index (χ4n) is 4.10. The van der Waals surface area contributed by atoms with E-state index in [0.717, 1.165) is 10.2 Å². The smallest absolute Gasteiger partial charge is 0.261 e. The molecule has 0 atom stereocenters. The van der Waals surface area contributed by atoms with E-state index in [1.807, 2.05) is 48.5 Å². The summed E-state index contributed by atoms with van der Waals surface area (Å²) in [7, 11) is 1.57. The molecule has 0 radical (unpaired) electrons. The maximum atomic E-state index is 13.7. The van der Waals surface area contributed by atoms with E-state index in [2.05, 4.69) is 26.1 Å². The third-order valence-corrected chi connectivity index (χ3v) is 6.94. The van der Waals surface area contributed by atoms with Crippen molar-refractivity contribution < 1.29 is 19.1 Å². The van der Waals surface area contributed by atoms with E-state index in [1.165, 1.54) is 0 Å². The number of nitrogens with zero attached hydrogens (tertiary/aromatic N) is 2. The number of anilines is 2. The van der Waals surface area contributed by atoms with Crippen molar-refractivity contribution in [2.45, 2.75) is 6.92 Å². The maximum Gasteiger partial charge on any atom is 0.261 e. The lowest BCUT2D eigenvalue weighted by atomic mass is 10.1. The Hall–Kier alpha value is -3.91. The second-order valence-electron chi connectivity index (χ2n) is 8.65. The number of carbonyl (C=O) groups excluding carboxylic acids is 3. The molecule has 0 unspecified atom stereocenters. The SMILES string of the molecule is COc1ccc(Br)c(C=C(C(=O)Nc2ccccc2)C(=O)N2CCN(c3ccc(C(C)=O)cc3)CC2)c1. The molecular weight excluding hydrogens is 534 g/mol. The summed E-state index contributed by atoms with van der Waals surface area (Å²) in [6, 6.07) is 21.9. The fraction of sp³-hybridized carbons (Fsp3) is 0.207. The standard InChI is InChI=1S/C29H28BrN3O4/c1-20(34)21-8-10-24(11-9-21)32-14-16-33(17-15-32)29(36)26(28(35)31-23-6-4-3-5-7-23)19-22-18-25(37-2)12-13-27(22)30/h3-13,18-19H,14-17H2,1-2H3,(H,31,35). The number of piperazine rings is 1. The minimum Gasteiger partial charge on any atom is -0.497 e. The highest BCUT2D eigenvalue weighted by atomic mass is 79.9. The van der Waals surface area contributed by atoms with Crippen LogP contribution in [0, 0.1) is 0 Å². The number of nitrogens with one attached hydrogen (secondary N) is 1. The van der Waals surface area contributed by atoms with Gasteiger partial charge in [0.15, 0.2) is 5.78 Å². The Bertz CT molecular complexity index is 1310. The van der Waals surface area contributed by atoms with Crippen molar-refractivity contribution in [2.75, 3.05) is 43.5 Å². The third kappa shape index (κ3) is 6.46. The van der Waals surface area contributed by atoms with E-state index in [0.29, 0.717) is 48.7 Å². The Morgan fingerprint density at radius 2 is 1.59 bits per heavy atom. The van der Waals surface area contributed by atoms with Gasteiger partial charge in [0.1, 0.15) is 11.3 Å². The van der Waals surface area contributed by atoms with E-state index in [1.54, 1.807) is 49.3 Å². The Morgan fingerprint density at radius 3 is 2.22 bits per heavy atom. The monoisotopic (exact) mass is 561 g/mol. The van der Waals surface area contributed by atoms with Gasteiger partial charge in [0, 0.05) is 47.6 Å². The molecule has 3 aromatic rings. The number of benzene rings is 3. The highest BCUT2D eigenvalue weighted by molar-refractivity contribution is 9.10. The molecule has 1 aliphatic heterocycles. The van der Waals surface area contributed by atoms with Crippen LogP contribution in [0.4, 0.5) is 11.4 Å². The molecule has 3 aromatic carbocycles. The predicted molar refractivity (Wildman–Crippen MR) is 149 cm³/mol. The van der Waals surface area contributed by atoms with Crippen molar-refractivity contribution in [3.63, 3.8) is 0 Å². The topological polar surface area (TPSA) is 79.0 Å². The summed E-state index contributed by atoms with van der Waals surface area (Å²) >= 11 is 3.51. The van der Waals surface area contributed by atoms with Crippen LogP contribution in [0.15, 0.2) is 82.8 Å². The quantitative estimate of drug-likeness (QED) is 0.189. The summed E-state index contributed by atoms with van der Waals surface area (Å²) in [5, 5.41) is 2.84. The Morgan fingerprint density at radius 1 is 0.919 bits per heavy atom. The normalized spacial score (nSPS) is 13.8. The average Bonchev–Trinajstić information content (AvgIpc) is 2.93. The van der Waals surface area contributed by atoms with Gasteiger partial charge in [-0.1, -0.05) is 34.1 Å². The number of ether oxygens (including phenoxy) is 1. The van der Waals surface area contributed by atoms with Crippen LogP contribution < -0.4 is 15.0 Å². The van der Waals surface area contributed by atoms with Gasteiger partial charge in [-0.25, -0.2) is 0 Å². The van der Waals surface area contributed by atoms with Gasteiger partial charge in [-0.05, 0) is 73.2 Å². The zero-order valence-corrected chi connectivity index (χ0v) is 22.3. The molecule has 0 bridgehead atoms. The molecule has 7 nitrogen and oxygen atoms in total. The lowest BCUT2D eigenvalue weighted by Crippen LogP contribution is -2.50. The number of Topliss-reactive ketones (excluding diaryl/α,β-unsaturated/α-hetero) is 1. The first kappa shape index (κ1) is 26.2. The maximum absolute atomic E-state index is 13.7. The van der Waals surface area contributed by atoms with Crippen LogP contribution in [0.25, 0.3) is 6.08 Å². The van der Waals surface area contributed by atoms with Crippen LogP contribution >= 0.6 is 15.9 Å². The lowest BCUT2D eigenvalue weighted by Gasteiger charge is -2.36. The number of amides is 2. The first-order valence-corrected chi connectivity index (χ1v) is 12.7. The molecule has 1 aliphatic rings. The molecule has 1 heterocycles. The van der Waals surface area contributed by atoms with E-state index in [9.17, 15) is 14.4 Å². The summed E-state index contributed by atoms with van der Waals surface area (Å²) in [5.74, 6) is -0.172. The van der Waals surface area contributed by atoms with E-state index in [4.69, 9.17) is 4.74 Å². The van der Waals surface area contributed by atoms with Crippen LogP contribution in [0.5, 0.6) is 5.75 Å². The molecule has 0 aliphatic carbocycles. The van der Waals surface area contributed by atoms with E-state index < -0.39 is 5.91 Å². The van der Waals surface area contributed by atoms with Gasteiger partial charge in [-0.2, -0.15) is 0 Å². The molecule has 1 N–H and O–H groups in total. The Labute approximate surface area is 224 Å². The summed E-state index contributed by atoms with van der Waals surface area (Å²) < 4.78 is 6.07. The molecule has 0 aromatic heterocycles. The second kappa shape index (κ2) is 11.9. The molecule has 8 heteroatoms. The number of ketones is 1. The van der Waals surface area contributed by atoms with E-state index >= 15 is 0 Å². The van der Waals surface area contributed by atoms with Gasteiger partial charge in [0.05, 0.1) is 7.11 Å². The third-order valence-electron chi connectivity index (χ3n) is 6.22. The average molecular weight is 562 g/mol. The summed E-state index contributed by atoms with van der Waals surface area (Å²) in [5.41, 5.74) is 2.97. The molecule has 0 spiro atoms. The van der Waals surface area contributed by atoms with Gasteiger partial charge >= 0.3 is 0 Å². The predicted octanol–water partition coefficient (Wildman–Crippen LogP) is 5.03. The van der Waals surface area contributed by atoms with Gasteiger partial charge in [0.2, 0.25) is 0 Å². The summed E-state index contributed by atoms with van der Waals surface area (Å²) in [4.78, 5) is 42.4. The van der Waals surface area contributed by atoms with Crippen LogP contribution in [0.2, 0.25) is 0 Å². The Kier molecular flexibility index (Phi) is 8.40. The zero-order valence-electron chi connectivity index (χ0n) is 20.7. The summed E-state index contributed by atoms with van der Waals surface area (Å²) in [6.07, 6.45) is 1.60. The van der Waals surface area contributed by atoms with Crippen LogP contribution in [0.1, 0.15) is 22.8 Å².